The SMILES string of the molecule is Cc1ccc(C(=O)[C@@H](C)OC(=O)CSCC(=O)Nc2ccc(Cl)cc2)cc1. The van der Waals surface area contributed by atoms with Crippen LogP contribution in [0.5, 0.6) is 0 Å². The lowest BCUT2D eigenvalue weighted by Crippen LogP contribution is -2.25. The zero-order chi connectivity index (χ0) is 19.8. The monoisotopic (exact) mass is 405 g/mol. The highest BCUT2D eigenvalue weighted by atomic mass is 35.5. The van der Waals surface area contributed by atoms with Crippen molar-refractivity contribution in [2.75, 3.05) is 16.8 Å². The van der Waals surface area contributed by atoms with Crippen LogP contribution in [0.25, 0.3) is 0 Å². The number of carbonyl (C=O) groups excluding carboxylic acids is 3. The van der Waals surface area contributed by atoms with E-state index in [1.165, 1.54) is 6.92 Å². The number of anilines is 1. The van der Waals surface area contributed by atoms with Crippen LogP contribution in [0.3, 0.4) is 0 Å². The Morgan fingerprint density at radius 2 is 1.67 bits per heavy atom. The third-order valence-corrected chi connectivity index (χ3v) is 4.75. The lowest BCUT2D eigenvalue weighted by molar-refractivity contribution is -0.143. The summed E-state index contributed by atoms with van der Waals surface area (Å²) in [7, 11) is 0. The molecule has 2 aromatic rings. The van der Waals surface area contributed by atoms with Crippen molar-refractivity contribution in [1.29, 1.82) is 0 Å². The summed E-state index contributed by atoms with van der Waals surface area (Å²) in [6, 6.07) is 13.8. The van der Waals surface area contributed by atoms with Gasteiger partial charge in [-0.1, -0.05) is 41.4 Å². The van der Waals surface area contributed by atoms with Gasteiger partial charge in [-0.05, 0) is 38.1 Å². The Kier molecular flexibility index (Phi) is 7.88. The molecular formula is C20H20ClNO4S. The summed E-state index contributed by atoms with van der Waals surface area (Å²) >= 11 is 6.90. The normalized spacial score (nSPS) is 11.5. The molecule has 0 aliphatic carbocycles. The molecule has 0 aromatic heterocycles. The van der Waals surface area contributed by atoms with Crippen molar-refractivity contribution < 1.29 is 19.1 Å². The highest BCUT2D eigenvalue weighted by Gasteiger charge is 2.19. The maximum absolute atomic E-state index is 12.2. The van der Waals surface area contributed by atoms with E-state index in [2.05, 4.69) is 5.32 Å². The number of benzene rings is 2. The van der Waals surface area contributed by atoms with E-state index in [1.807, 2.05) is 19.1 Å². The molecule has 0 spiro atoms. The molecule has 5 nitrogen and oxygen atoms in total. The van der Waals surface area contributed by atoms with E-state index >= 15 is 0 Å². The Labute approximate surface area is 167 Å². The first kappa shape index (κ1) is 21.0. The van der Waals surface area contributed by atoms with Gasteiger partial charge < -0.3 is 10.1 Å². The number of rotatable bonds is 8. The average Bonchev–Trinajstić information content (AvgIpc) is 2.63. The Morgan fingerprint density at radius 1 is 1.04 bits per heavy atom. The highest BCUT2D eigenvalue weighted by molar-refractivity contribution is 8.00. The van der Waals surface area contributed by atoms with Gasteiger partial charge in [-0.2, -0.15) is 0 Å². The first-order valence-electron chi connectivity index (χ1n) is 8.28. The molecule has 0 saturated carbocycles. The van der Waals surface area contributed by atoms with Crippen LogP contribution in [0, 0.1) is 6.92 Å². The second-order valence-corrected chi connectivity index (χ2v) is 7.33. The molecule has 142 valence electrons. The summed E-state index contributed by atoms with van der Waals surface area (Å²) in [5.74, 6) is -0.947. The van der Waals surface area contributed by atoms with Crippen LogP contribution < -0.4 is 5.32 Å². The average molecular weight is 406 g/mol. The molecule has 0 bridgehead atoms. The quantitative estimate of drug-likeness (QED) is 0.528. The molecule has 0 aliphatic heterocycles. The number of ketones is 1. The van der Waals surface area contributed by atoms with Crippen LogP contribution in [0.1, 0.15) is 22.8 Å². The van der Waals surface area contributed by atoms with E-state index in [0.29, 0.717) is 16.3 Å². The van der Waals surface area contributed by atoms with Gasteiger partial charge in [-0.3, -0.25) is 14.4 Å². The predicted molar refractivity (Wildman–Crippen MR) is 108 cm³/mol. The molecule has 0 unspecified atom stereocenters. The number of ether oxygens (including phenoxy) is 1. The van der Waals surface area contributed by atoms with Crippen LogP contribution >= 0.6 is 23.4 Å². The van der Waals surface area contributed by atoms with Crippen LogP contribution in [0.15, 0.2) is 48.5 Å². The van der Waals surface area contributed by atoms with Gasteiger partial charge in [0.2, 0.25) is 11.7 Å². The van der Waals surface area contributed by atoms with Gasteiger partial charge in [0.05, 0.1) is 11.5 Å². The van der Waals surface area contributed by atoms with Gasteiger partial charge >= 0.3 is 5.97 Å². The Hall–Kier alpha value is -2.31. The van der Waals surface area contributed by atoms with E-state index in [1.54, 1.807) is 36.4 Å². The summed E-state index contributed by atoms with van der Waals surface area (Å²) in [4.78, 5) is 36.0. The van der Waals surface area contributed by atoms with Gasteiger partial charge in [0.15, 0.2) is 6.10 Å². The summed E-state index contributed by atoms with van der Waals surface area (Å²) in [6.07, 6.45) is -0.872. The molecule has 1 atom stereocenters. The molecule has 0 aliphatic rings. The first-order chi connectivity index (χ1) is 12.8. The standard InChI is InChI=1S/C20H20ClNO4S/c1-13-3-5-15(6-4-13)20(25)14(2)26-19(24)12-27-11-18(23)22-17-9-7-16(21)8-10-17/h3-10,14H,11-12H2,1-2H3,(H,22,23)/t14-/m1/s1. The van der Waals surface area contributed by atoms with E-state index < -0.39 is 12.1 Å². The van der Waals surface area contributed by atoms with Crippen molar-refractivity contribution in [1.82, 2.24) is 0 Å². The molecule has 27 heavy (non-hydrogen) atoms. The van der Waals surface area contributed by atoms with E-state index in [0.717, 1.165) is 17.3 Å². The molecule has 0 heterocycles. The van der Waals surface area contributed by atoms with Crippen LogP contribution in [0.4, 0.5) is 5.69 Å². The van der Waals surface area contributed by atoms with Crippen molar-refractivity contribution in [3.05, 3.63) is 64.7 Å². The Morgan fingerprint density at radius 3 is 2.30 bits per heavy atom. The topological polar surface area (TPSA) is 72.5 Å². The van der Waals surface area contributed by atoms with E-state index in [4.69, 9.17) is 16.3 Å². The minimum Gasteiger partial charge on any atom is -0.454 e. The van der Waals surface area contributed by atoms with Gasteiger partial charge in [0.1, 0.15) is 0 Å². The van der Waals surface area contributed by atoms with E-state index in [9.17, 15) is 14.4 Å². The molecule has 2 aromatic carbocycles. The lowest BCUT2D eigenvalue weighted by atomic mass is 10.1. The highest BCUT2D eigenvalue weighted by Crippen LogP contribution is 2.14. The van der Waals surface area contributed by atoms with E-state index in [-0.39, 0.29) is 23.2 Å². The molecule has 0 radical (unpaired) electrons. The minimum absolute atomic E-state index is 0.0143. The maximum Gasteiger partial charge on any atom is 0.316 e. The van der Waals surface area contributed by atoms with Gasteiger partial charge in [0, 0.05) is 16.3 Å². The fourth-order valence-corrected chi connectivity index (χ4v) is 2.91. The zero-order valence-electron chi connectivity index (χ0n) is 15.0. The number of amides is 1. The number of thioether (sulfide) groups is 1. The number of esters is 1. The molecule has 1 N–H and O–H groups in total. The van der Waals surface area contributed by atoms with Crippen molar-refractivity contribution in [2.45, 2.75) is 20.0 Å². The van der Waals surface area contributed by atoms with Crippen LogP contribution in [0.2, 0.25) is 5.02 Å². The first-order valence-corrected chi connectivity index (χ1v) is 9.82. The van der Waals surface area contributed by atoms with Crippen molar-refractivity contribution >= 4 is 46.7 Å². The number of hydrogen-bond donors (Lipinski definition) is 1. The Balaban J connectivity index is 1.72. The largest absolute Gasteiger partial charge is 0.454 e. The van der Waals surface area contributed by atoms with Crippen molar-refractivity contribution in [3.63, 3.8) is 0 Å². The molecular weight excluding hydrogens is 386 g/mol. The third kappa shape index (κ3) is 7.07. The molecule has 0 saturated heterocycles. The molecule has 7 heteroatoms. The lowest BCUT2D eigenvalue weighted by Gasteiger charge is -2.12. The van der Waals surface area contributed by atoms with Crippen molar-refractivity contribution in [3.8, 4) is 0 Å². The number of nitrogens with one attached hydrogen (secondary N) is 1. The maximum atomic E-state index is 12.2. The fraction of sp³-hybridized carbons (Fsp3) is 0.250. The molecule has 0 fully saturated rings. The predicted octanol–water partition coefficient (Wildman–Crippen LogP) is 4.13. The summed E-state index contributed by atoms with van der Waals surface area (Å²) in [5, 5.41) is 3.29. The fourth-order valence-electron chi connectivity index (χ4n) is 2.19. The second kappa shape index (κ2) is 10.1. The number of Topliss-reactive ketones (excluding diaryl/α,β-unsaturated/α-hetero) is 1. The Bertz CT molecular complexity index is 806. The number of carbonyl (C=O) groups is 3. The van der Waals surface area contributed by atoms with Gasteiger partial charge in [-0.15, -0.1) is 11.8 Å². The number of halogens is 1. The van der Waals surface area contributed by atoms with Crippen LogP contribution in [-0.4, -0.2) is 35.3 Å². The molecule has 1 amide bonds. The van der Waals surface area contributed by atoms with Gasteiger partial charge in [0.25, 0.3) is 0 Å². The number of aryl methyl sites for hydroxylation is 1. The minimum atomic E-state index is -0.872. The summed E-state index contributed by atoms with van der Waals surface area (Å²) in [6.45, 7) is 3.47. The summed E-state index contributed by atoms with van der Waals surface area (Å²) in [5.41, 5.74) is 2.17. The van der Waals surface area contributed by atoms with Crippen molar-refractivity contribution in [2.24, 2.45) is 0 Å². The van der Waals surface area contributed by atoms with Gasteiger partial charge in [-0.25, -0.2) is 0 Å². The van der Waals surface area contributed by atoms with Crippen LogP contribution in [-0.2, 0) is 14.3 Å². The zero-order valence-corrected chi connectivity index (χ0v) is 16.6. The number of hydrogen-bond acceptors (Lipinski definition) is 5. The molecule has 2 rings (SSSR count). The summed E-state index contributed by atoms with van der Waals surface area (Å²) < 4.78 is 5.15. The second-order valence-electron chi connectivity index (χ2n) is 5.91. The third-order valence-electron chi connectivity index (χ3n) is 3.59. The smallest absolute Gasteiger partial charge is 0.316 e.